The number of allylic oxidation sites excluding steroid dienone is 1. The highest BCUT2D eigenvalue weighted by atomic mass is 127. The van der Waals surface area contributed by atoms with Gasteiger partial charge in [-0.05, 0) is 61.4 Å². The Morgan fingerprint density at radius 1 is 1.46 bits per heavy atom. The van der Waals surface area contributed by atoms with Crippen LogP contribution in [-0.2, 0) is 21.5 Å². The highest BCUT2D eigenvalue weighted by Crippen LogP contribution is 2.40. The van der Waals surface area contributed by atoms with Crippen LogP contribution in [0, 0.1) is 0 Å². The lowest BCUT2D eigenvalue weighted by atomic mass is 9.86. The first kappa shape index (κ1) is 17.5. The van der Waals surface area contributed by atoms with Gasteiger partial charge in [-0.3, -0.25) is 4.90 Å². The number of halogens is 1. The lowest BCUT2D eigenvalue weighted by molar-refractivity contribution is -0.158. The second-order valence-corrected chi connectivity index (χ2v) is 7.61. The number of fused-ring (bicyclic) bond motifs is 3. The van der Waals surface area contributed by atoms with Crippen LogP contribution < -0.4 is 0 Å². The largest absolute Gasteiger partial charge is 0.464 e. The first-order valence-corrected chi connectivity index (χ1v) is 9.43. The molecule has 3 rings (SSSR count). The Morgan fingerprint density at radius 2 is 2.21 bits per heavy atom. The van der Waals surface area contributed by atoms with E-state index >= 15 is 0 Å². The molecule has 1 atom stereocenters. The molecule has 0 aliphatic carbocycles. The smallest absolute Gasteiger partial charge is 0.332 e. The van der Waals surface area contributed by atoms with Crippen molar-refractivity contribution in [2.45, 2.75) is 32.7 Å². The van der Waals surface area contributed by atoms with E-state index in [0.29, 0.717) is 6.61 Å². The van der Waals surface area contributed by atoms with Gasteiger partial charge in [0.1, 0.15) is 0 Å². The van der Waals surface area contributed by atoms with E-state index in [0.717, 1.165) is 30.7 Å². The van der Waals surface area contributed by atoms with Crippen molar-refractivity contribution in [3.8, 4) is 0 Å². The third-order valence-corrected chi connectivity index (χ3v) is 5.86. The molecule has 4 nitrogen and oxygen atoms in total. The summed E-state index contributed by atoms with van der Waals surface area (Å²) in [5.74, 6) is -0.183. The topological polar surface area (TPSA) is 45.3 Å². The van der Waals surface area contributed by atoms with E-state index < -0.39 is 5.54 Å². The maximum absolute atomic E-state index is 12.9. The molecule has 0 fully saturated rings. The molecule has 1 aromatic carbocycles. The number of para-hydroxylation sites is 1. The first-order chi connectivity index (χ1) is 11.5. The normalized spacial score (nSPS) is 21.8. The number of esters is 1. The average molecular weight is 438 g/mol. The van der Waals surface area contributed by atoms with Crippen molar-refractivity contribution < 1.29 is 9.53 Å². The second-order valence-electron chi connectivity index (χ2n) is 6.22. The molecule has 24 heavy (non-hydrogen) atoms. The van der Waals surface area contributed by atoms with Crippen LogP contribution in [0.1, 0.15) is 32.0 Å². The Kier molecular flexibility index (Phi) is 5.01. The van der Waals surface area contributed by atoms with Crippen LogP contribution in [-0.4, -0.2) is 35.5 Å². The second kappa shape index (κ2) is 6.88. The van der Waals surface area contributed by atoms with Gasteiger partial charge in [-0.2, -0.15) is 0 Å². The van der Waals surface area contributed by atoms with Gasteiger partial charge in [0.15, 0.2) is 5.54 Å². The van der Waals surface area contributed by atoms with E-state index in [2.05, 4.69) is 50.7 Å². The maximum Gasteiger partial charge on any atom is 0.332 e. The molecule has 1 aliphatic heterocycles. The minimum atomic E-state index is -0.790. The van der Waals surface area contributed by atoms with Gasteiger partial charge < -0.3 is 9.72 Å². The summed E-state index contributed by atoms with van der Waals surface area (Å²) in [5.41, 5.74) is 2.52. The molecule has 0 bridgehead atoms. The Hall–Kier alpha value is -1.34. The predicted molar refractivity (Wildman–Crippen MR) is 105 cm³/mol. The number of benzene rings is 1. The van der Waals surface area contributed by atoms with Crippen LogP contribution in [0.4, 0.5) is 0 Å². The zero-order valence-electron chi connectivity index (χ0n) is 14.4. The number of aromatic amines is 1. The highest BCUT2D eigenvalue weighted by Gasteiger charge is 2.48. The summed E-state index contributed by atoms with van der Waals surface area (Å²) < 4.78 is 6.68. The van der Waals surface area contributed by atoms with Crippen molar-refractivity contribution in [3.63, 3.8) is 0 Å². The Morgan fingerprint density at radius 3 is 2.92 bits per heavy atom. The van der Waals surface area contributed by atoms with E-state index in [1.54, 1.807) is 0 Å². The van der Waals surface area contributed by atoms with Crippen molar-refractivity contribution in [1.29, 1.82) is 0 Å². The van der Waals surface area contributed by atoms with Gasteiger partial charge in [-0.1, -0.05) is 24.3 Å². The number of rotatable bonds is 4. The summed E-state index contributed by atoms with van der Waals surface area (Å²) in [6.07, 6.45) is 3.02. The van der Waals surface area contributed by atoms with Crippen molar-refractivity contribution in [1.82, 2.24) is 9.88 Å². The number of aromatic nitrogens is 1. The van der Waals surface area contributed by atoms with Gasteiger partial charge in [0.05, 0.1) is 12.3 Å². The number of H-pyrrole nitrogens is 1. The molecule has 0 saturated heterocycles. The zero-order chi connectivity index (χ0) is 17.3. The molecular weight excluding hydrogens is 415 g/mol. The minimum Gasteiger partial charge on any atom is -0.464 e. The van der Waals surface area contributed by atoms with Crippen molar-refractivity contribution in [2.24, 2.45) is 0 Å². The summed E-state index contributed by atoms with van der Waals surface area (Å²) >= 11 is 2.34. The van der Waals surface area contributed by atoms with Crippen molar-refractivity contribution >= 4 is 39.5 Å². The highest BCUT2D eigenvalue weighted by molar-refractivity contribution is 14.1. The fourth-order valence-corrected chi connectivity index (χ4v) is 3.93. The first-order valence-electron chi connectivity index (χ1n) is 8.35. The number of nitrogens with zero attached hydrogens (tertiary/aromatic N) is 1. The van der Waals surface area contributed by atoms with Crippen molar-refractivity contribution in [2.75, 3.05) is 19.7 Å². The Bertz CT molecular complexity index is 796. The molecule has 2 heterocycles. The lowest BCUT2D eigenvalue weighted by Crippen LogP contribution is -2.54. The number of ether oxygens (including phenoxy) is 1. The van der Waals surface area contributed by atoms with Gasteiger partial charge >= 0.3 is 5.97 Å². The van der Waals surface area contributed by atoms with Gasteiger partial charge in [0.25, 0.3) is 0 Å². The van der Waals surface area contributed by atoms with Gasteiger partial charge in [-0.15, -0.1) is 0 Å². The van der Waals surface area contributed by atoms with Crippen LogP contribution in [0.3, 0.4) is 0 Å². The summed E-state index contributed by atoms with van der Waals surface area (Å²) in [7, 11) is 0. The molecule has 0 saturated carbocycles. The van der Waals surface area contributed by atoms with E-state index in [1.807, 2.05) is 32.9 Å². The van der Waals surface area contributed by atoms with E-state index in [9.17, 15) is 4.79 Å². The standard InChI is InChI=1S/C19H23IN2O2/c1-4-13(20)12-22-11-10-15-14-8-6-7-9-16(14)21-17(15)19(22,3)18(23)24-5-2/h4,6-9,21H,5,10-12H2,1-3H3/b13-4-. The fourth-order valence-electron chi connectivity index (χ4n) is 3.52. The maximum atomic E-state index is 12.9. The number of carbonyl (C=O) groups is 1. The molecule has 128 valence electrons. The van der Waals surface area contributed by atoms with Gasteiger partial charge in [0.2, 0.25) is 0 Å². The summed E-state index contributed by atoms with van der Waals surface area (Å²) in [5, 5.41) is 1.21. The molecule has 1 aromatic heterocycles. The molecule has 1 N–H and O–H groups in total. The number of hydrogen-bond donors (Lipinski definition) is 1. The minimum absolute atomic E-state index is 0.183. The van der Waals surface area contributed by atoms with Crippen LogP contribution in [0.15, 0.2) is 33.9 Å². The van der Waals surface area contributed by atoms with E-state index in [4.69, 9.17) is 4.74 Å². The number of carbonyl (C=O) groups excluding carboxylic acids is 1. The molecule has 1 aliphatic rings. The Labute approximate surface area is 156 Å². The van der Waals surface area contributed by atoms with Gasteiger partial charge in [-0.25, -0.2) is 4.79 Å². The van der Waals surface area contributed by atoms with Crippen molar-refractivity contribution in [3.05, 3.63) is 45.2 Å². The predicted octanol–water partition coefficient (Wildman–Crippen LogP) is 4.14. The van der Waals surface area contributed by atoms with E-state index in [-0.39, 0.29) is 5.97 Å². The third-order valence-electron chi connectivity index (χ3n) is 4.89. The molecule has 5 heteroatoms. The number of nitrogens with one attached hydrogen (secondary N) is 1. The fraction of sp³-hybridized carbons (Fsp3) is 0.421. The molecule has 1 unspecified atom stereocenters. The van der Waals surface area contributed by atoms with Crippen LogP contribution >= 0.6 is 22.6 Å². The van der Waals surface area contributed by atoms with Crippen LogP contribution in [0.2, 0.25) is 0 Å². The molecule has 0 radical (unpaired) electrons. The average Bonchev–Trinajstić information content (AvgIpc) is 2.97. The summed E-state index contributed by atoms with van der Waals surface area (Å²) in [4.78, 5) is 18.7. The summed E-state index contributed by atoms with van der Waals surface area (Å²) in [6, 6.07) is 8.26. The monoisotopic (exact) mass is 438 g/mol. The van der Waals surface area contributed by atoms with Crippen LogP contribution in [0.5, 0.6) is 0 Å². The number of hydrogen-bond acceptors (Lipinski definition) is 3. The van der Waals surface area contributed by atoms with Gasteiger partial charge in [0, 0.05) is 27.6 Å². The third kappa shape index (κ3) is 2.77. The van der Waals surface area contributed by atoms with Crippen LogP contribution in [0.25, 0.3) is 10.9 Å². The Balaban J connectivity index is 2.15. The van der Waals surface area contributed by atoms with E-state index in [1.165, 1.54) is 14.5 Å². The molecule has 0 spiro atoms. The zero-order valence-corrected chi connectivity index (χ0v) is 16.5. The molecular formula is C19H23IN2O2. The SMILES string of the molecule is C/C=C(\I)CN1CCc2c([nH]c3ccccc23)C1(C)C(=O)OCC. The lowest BCUT2D eigenvalue weighted by Gasteiger charge is -2.42. The molecule has 2 aromatic rings. The molecule has 0 amide bonds. The quantitative estimate of drug-likeness (QED) is 0.577. The summed E-state index contributed by atoms with van der Waals surface area (Å²) in [6.45, 7) is 7.85.